The molecule has 0 saturated carbocycles. The average molecular weight is 525 g/mol. The van der Waals surface area contributed by atoms with Crippen molar-refractivity contribution >= 4 is 54.2 Å². The van der Waals surface area contributed by atoms with Crippen molar-refractivity contribution in [1.29, 1.82) is 0 Å². The number of carbonyl (C=O) groups is 1. The van der Waals surface area contributed by atoms with E-state index in [4.69, 9.17) is 16.3 Å². The highest BCUT2D eigenvalue weighted by atomic mass is 35.5. The maximum Gasteiger partial charge on any atom is 0.269 e. The maximum absolute atomic E-state index is 13.1. The second-order valence-electron chi connectivity index (χ2n) is 7.66. The Morgan fingerprint density at radius 2 is 1.74 bits per heavy atom. The standard InChI is InChI=1S/C23H29ClN4O4S2/c1-4-6-14-28(15-7-5-2)34(30,31)17-10-8-16(9-11-17)22(29)26-27-23-25-20-19(32-3)13-12-18(24)21(20)33-23/h8-13H,4-7,14-15H2,1-3H3,(H,25,27)(H,26,29). The zero-order valence-corrected chi connectivity index (χ0v) is 21.8. The van der Waals surface area contributed by atoms with Crippen LogP contribution in [0.2, 0.25) is 5.02 Å². The van der Waals surface area contributed by atoms with E-state index in [1.165, 1.54) is 39.9 Å². The topological polar surface area (TPSA) is 101 Å². The van der Waals surface area contributed by atoms with Crippen LogP contribution >= 0.6 is 22.9 Å². The van der Waals surface area contributed by atoms with E-state index in [0.717, 1.165) is 30.4 Å². The number of hydrogen-bond acceptors (Lipinski definition) is 7. The minimum atomic E-state index is -3.62. The number of unbranched alkanes of at least 4 members (excludes halogenated alkanes) is 2. The molecule has 0 fully saturated rings. The smallest absolute Gasteiger partial charge is 0.269 e. The summed E-state index contributed by atoms with van der Waals surface area (Å²) in [4.78, 5) is 17.2. The van der Waals surface area contributed by atoms with Gasteiger partial charge < -0.3 is 4.74 Å². The van der Waals surface area contributed by atoms with Crippen LogP contribution in [0.1, 0.15) is 49.9 Å². The fourth-order valence-corrected chi connectivity index (χ4v) is 5.93. The minimum Gasteiger partial charge on any atom is -0.494 e. The van der Waals surface area contributed by atoms with Gasteiger partial charge in [0.1, 0.15) is 11.3 Å². The zero-order valence-electron chi connectivity index (χ0n) is 19.4. The number of aromatic nitrogens is 1. The van der Waals surface area contributed by atoms with Crippen LogP contribution in [0.3, 0.4) is 0 Å². The summed E-state index contributed by atoms with van der Waals surface area (Å²) in [6.45, 7) is 5.04. The number of carbonyl (C=O) groups excluding carboxylic acids is 1. The van der Waals surface area contributed by atoms with Gasteiger partial charge in [0.15, 0.2) is 0 Å². The summed E-state index contributed by atoms with van der Waals surface area (Å²) in [5.74, 6) is 0.161. The van der Waals surface area contributed by atoms with Gasteiger partial charge in [0.2, 0.25) is 15.2 Å². The highest BCUT2D eigenvalue weighted by Crippen LogP contribution is 2.37. The molecule has 1 amide bonds. The number of sulfonamides is 1. The van der Waals surface area contributed by atoms with E-state index in [1.807, 2.05) is 13.8 Å². The molecule has 0 unspecified atom stereocenters. The number of hydrazine groups is 1. The number of thiazole rings is 1. The number of rotatable bonds is 12. The van der Waals surface area contributed by atoms with E-state index < -0.39 is 15.9 Å². The molecule has 0 atom stereocenters. The highest BCUT2D eigenvalue weighted by Gasteiger charge is 2.24. The first-order chi connectivity index (χ1) is 16.3. The molecule has 0 radical (unpaired) electrons. The molecule has 0 aliphatic rings. The summed E-state index contributed by atoms with van der Waals surface area (Å²) in [7, 11) is -2.07. The molecule has 1 heterocycles. The molecule has 2 N–H and O–H groups in total. The van der Waals surface area contributed by atoms with Crippen molar-refractivity contribution in [3.8, 4) is 5.75 Å². The second-order valence-corrected chi connectivity index (χ2v) is 11.0. The molecule has 0 aliphatic carbocycles. The molecule has 3 aromatic rings. The first-order valence-electron chi connectivity index (χ1n) is 11.1. The van der Waals surface area contributed by atoms with Crippen molar-refractivity contribution in [2.75, 3.05) is 25.6 Å². The number of methoxy groups -OCH3 is 1. The van der Waals surface area contributed by atoms with Gasteiger partial charge in [-0.25, -0.2) is 13.4 Å². The number of halogens is 1. The van der Waals surface area contributed by atoms with E-state index in [1.54, 1.807) is 19.2 Å². The zero-order chi connectivity index (χ0) is 24.7. The predicted octanol–water partition coefficient (Wildman–Crippen LogP) is 5.31. The van der Waals surface area contributed by atoms with Crippen LogP contribution in [-0.2, 0) is 10.0 Å². The Hall–Kier alpha value is -2.40. The number of nitrogens with zero attached hydrogens (tertiary/aromatic N) is 2. The van der Waals surface area contributed by atoms with Crippen molar-refractivity contribution in [3.63, 3.8) is 0 Å². The Kier molecular flexibility index (Phi) is 9.12. The molecular weight excluding hydrogens is 496 g/mol. The van der Waals surface area contributed by atoms with Crippen LogP contribution in [0.25, 0.3) is 10.2 Å². The number of anilines is 1. The summed E-state index contributed by atoms with van der Waals surface area (Å²) >= 11 is 7.51. The first-order valence-corrected chi connectivity index (χ1v) is 13.7. The average Bonchev–Trinajstić information content (AvgIpc) is 3.28. The summed E-state index contributed by atoms with van der Waals surface area (Å²) in [5.41, 5.74) is 6.29. The number of ether oxygens (including phenoxy) is 1. The van der Waals surface area contributed by atoms with Crippen LogP contribution in [0.15, 0.2) is 41.3 Å². The molecule has 0 aliphatic heterocycles. The predicted molar refractivity (Wildman–Crippen MR) is 137 cm³/mol. The number of fused-ring (bicyclic) bond motifs is 1. The van der Waals surface area contributed by atoms with Gasteiger partial charge in [-0.3, -0.25) is 15.6 Å². The fourth-order valence-electron chi connectivity index (χ4n) is 3.30. The van der Waals surface area contributed by atoms with Crippen LogP contribution < -0.4 is 15.6 Å². The largest absolute Gasteiger partial charge is 0.494 e. The third-order valence-electron chi connectivity index (χ3n) is 5.24. The summed E-state index contributed by atoms with van der Waals surface area (Å²) in [6.07, 6.45) is 3.44. The molecule has 3 rings (SSSR count). The quantitative estimate of drug-likeness (QED) is 0.311. The molecule has 2 aromatic carbocycles. The van der Waals surface area contributed by atoms with Crippen molar-refractivity contribution in [2.24, 2.45) is 0 Å². The van der Waals surface area contributed by atoms with Gasteiger partial charge >= 0.3 is 0 Å². The normalized spacial score (nSPS) is 11.7. The molecule has 0 bridgehead atoms. The molecule has 0 spiro atoms. The Balaban J connectivity index is 1.70. The number of hydrogen-bond donors (Lipinski definition) is 2. The van der Waals surface area contributed by atoms with E-state index in [9.17, 15) is 13.2 Å². The lowest BCUT2D eigenvalue weighted by Crippen LogP contribution is -2.33. The van der Waals surface area contributed by atoms with Crippen LogP contribution in [0.4, 0.5) is 5.13 Å². The Labute approximate surface area is 209 Å². The molecule has 8 nitrogen and oxygen atoms in total. The van der Waals surface area contributed by atoms with E-state index >= 15 is 0 Å². The Morgan fingerprint density at radius 1 is 1.09 bits per heavy atom. The SMILES string of the molecule is CCCCN(CCCC)S(=O)(=O)c1ccc(C(=O)NNc2nc3c(OC)ccc(Cl)c3s2)cc1. The third kappa shape index (κ3) is 5.99. The third-order valence-corrected chi connectivity index (χ3v) is 8.58. The molecule has 1 aromatic heterocycles. The van der Waals surface area contributed by atoms with Crippen molar-refractivity contribution in [1.82, 2.24) is 14.7 Å². The molecule has 11 heteroatoms. The van der Waals surface area contributed by atoms with Crippen molar-refractivity contribution in [3.05, 3.63) is 47.0 Å². The number of nitrogens with one attached hydrogen (secondary N) is 2. The molecule has 0 saturated heterocycles. The van der Waals surface area contributed by atoms with Gasteiger partial charge in [-0.2, -0.15) is 4.31 Å². The Bertz CT molecular complexity index is 1220. The molecular formula is C23H29ClN4O4S2. The molecule has 34 heavy (non-hydrogen) atoms. The fraction of sp³-hybridized carbons (Fsp3) is 0.391. The van der Waals surface area contributed by atoms with Gasteiger partial charge in [0.05, 0.1) is 21.7 Å². The van der Waals surface area contributed by atoms with E-state index in [0.29, 0.717) is 40.1 Å². The minimum absolute atomic E-state index is 0.178. The second kappa shape index (κ2) is 11.8. The maximum atomic E-state index is 13.1. The summed E-state index contributed by atoms with van der Waals surface area (Å²) < 4.78 is 33.7. The monoisotopic (exact) mass is 524 g/mol. The van der Waals surface area contributed by atoms with Gasteiger partial charge in [-0.05, 0) is 49.2 Å². The van der Waals surface area contributed by atoms with E-state index in [2.05, 4.69) is 15.8 Å². The van der Waals surface area contributed by atoms with E-state index in [-0.39, 0.29) is 4.90 Å². The van der Waals surface area contributed by atoms with Crippen molar-refractivity contribution < 1.29 is 17.9 Å². The highest BCUT2D eigenvalue weighted by molar-refractivity contribution is 7.89. The summed E-state index contributed by atoms with van der Waals surface area (Å²) in [6, 6.07) is 9.40. The molecule has 184 valence electrons. The summed E-state index contributed by atoms with van der Waals surface area (Å²) in [5, 5.41) is 0.979. The Morgan fingerprint density at radius 3 is 2.32 bits per heavy atom. The van der Waals surface area contributed by atoms with Crippen molar-refractivity contribution in [2.45, 2.75) is 44.4 Å². The lowest BCUT2D eigenvalue weighted by Gasteiger charge is -2.22. The first kappa shape index (κ1) is 26.2. The van der Waals surface area contributed by atoms with Crippen LogP contribution in [0, 0.1) is 0 Å². The number of amides is 1. The van der Waals surface area contributed by atoms with Crippen LogP contribution in [0.5, 0.6) is 5.75 Å². The lowest BCUT2D eigenvalue weighted by atomic mass is 10.2. The van der Waals surface area contributed by atoms with Crippen LogP contribution in [-0.4, -0.2) is 43.8 Å². The van der Waals surface area contributed by atoms with Gasteiger partial charge in [-0.1, -0.05) is 49.6 Å². The van der Waals surface area contributed by atoms with Gasteiger partial charge in [-0.15, -0.1) is 0 Å². The lowest BCUT2D eigenvalue weighted by molar-refractivity contribution is 0.0962. The number of benzene rings is 2. The van der Waals surface area contributed by atoms with Gasteiger partial charge in [0.25, 0.3) is 5.91 Å². The van der Waals surface area contributed by atoms with Gasteiger partial charge in [0, 0.05) is 18.7 Å².